The van der Waals surface area contributed by atoms with E-state index in [0.717, 1.165) is 0 Å². The molecule has 0 bridgehead atoms. The molecule has 0 aliphatic carbocycles. The Labute approximate surface area is 104 Å². The molecule has 0 aromatic heterocycles. The van der Waals surface area contributed by atoms with Crippen LogP contribution in [0.15, 0.2) is 0 Å². The highest BCUT2D eigenvalue weighted by Gasteiger charge is 2.16. The van der Waals surface area contributed by atoms with Crippen LogP contribution in [0.25, 0.3) is 0 Å². The van der Waals surface area contributed by atoms with E-state index in [9.17, 15) is 9.59 Å². The molecule has 0 fully saturated rings. The molecule has 0 saturated heterocycles. The van der Waals surface area contributed by atoms with Gasteiger partial charge in [-0.1, -0.05) is 19.6 Å². The Balaban J connectivity index is 4.09. The van der Waals surface area contributed by atoms with E-state index in [4.69, 9.17) is 4.74 Å². The smallest absolute Gasteiger partial charge is 0.408 e. The molecule has 4 nitrogen and oxygen atoms in total. The second-order valence-electron chi connectivity index (χ2n) is 5.78. The molecular weight excluding hydrogens is 234 g/mol. The quantitative estimate of drug-likeness (QED) is 0.606. The van der Waals surface area contributed by atoms with E-state index in [0.29, 0.717) is 0 Å². The van der Waals surface area contributed by atoms with Gasteiger partial charge in [-0.25, -0.2) is 4.79 Å². The summed E-state index contributed by atoms with van der Waals surface area (Å²) in [5.41, 5.74) is 2.38. The van der Waals surface area contributed by atoms with Crippen LogP contribution in [0.4, 0.5) is 4.79 Å². The van der Waals surface area contributed by atoms with Crippen LogP contribution < -0.4 is 5.32 Å². The van der Waals surface area contributed by atoms with E-state index in [1.165, 1.54) is 0 Å². The van der Waals surface area contributed by atoms with Crippen molar-refractivity contribution in [2.75, 3.05) is 6.54 Å². The van der Waals surface area contributed by atoms with Gasteiger partial charge in [0.05, 0.1) is 6.54 Å². The third kappa shape index (κ3) is 11.0. The van der Waals surface area contributed by atoms with Crippen LogP contribution >= 0.6 is 0 Å². The first kappa shape index (κ1) is 15.7. The molecule has 96 valence electrons. The van der Waals surface area contributed by atoms with Gasteiger partial charge in [0.1, 0.15) is 13.7 Å². The summed E-state index contributed by atoms with van der Waals surface area (Å²) in [5, 5.41) is 2.38. The number of rotatable bonds is 2. The Hall–Kier alpha value is -1.28. The van der Waals surface area contributed by atoms with Gasteiger partial charge in [-0.2, -0.15) is 0 Å². The molecule has 0 aliphatic rings. The summed E-state index contributed by atoms with van der Waals surface area (Å²) in [4.78, 5) is 22.6. The molecule has 1 N–H and O–H groups in total. The molecular formula is C12H21NO3Si. The van der Waals surface area contributed by atoms with Crippen LogP contribution in [0.1, 0.15) is 20.8 Å². The van der Waals surface area contributed by atoms with E-state index in [2.05, 4.69) is 36.4 Å². The summed E-state index contributed by atoms with van der Waals surface area (Å²) in [6, 6.07) is 0. The SMILES string of the molecule is CC(C)(C)OC(=O)NCC(=O)C#C[Si](C)(C)C. The number of nitrogens with one attached hydrogen (secondary N) is 1. The molecule has 0 unspecified atom stereocenters. The lowest BCUT2D eigenvalue weighted by atomic mass is 10.2. The van der Waals surface area contributed by atoms with Gasteiger partial charge >= 0.3 is 6.09 Å². The highest BCUT2D eigenvalue weighted by Crippen LogP contribution is 2.06. The number of carbonyl (C=O) groups excluding carboxylic acids is 2. The molecule has 0 rings (SSSR count). The molecule has 0 radical (unpaired) electrons. The normalized spacial score (nSPS) is 11.2. The predicted molar refractivity (Wildman–Crippen MR) is 70.4 cm³/mol. The van der Waals surface area contributed by atoms with Gasteiger partial charge in [-0.15, -0.1) is 5.54 Å². The molecule has 0 aliphatic heterocycles. The first-order valence-electron chi connectivity index (χ1n) is 5.52. The van der Waals surface area contributed by atoms with Crippen LogP contribution in [0.3, 0.4) is 0 Å². The molecule has 0 spiro atoms. The maximum absolute atomic E-state index is 11.3. The Morgan fingerprint density at radius 2 is 1.76 bits per heavy atom. The summed E-state index contributed by atoms with van der Waals surface area (Å²) in [7, 11) is -1.54. The number of carbonyl (C=O) groups is 2. The Morgan fingerprint density at radius 1 is 1.24 bits per heavy atom. The molecule has 0 aromatic carbocycles. The minimum atomic E-state index is -1.54. The minimum Gasteiger partial charge on any atom is -0.444 e. The van der Waals surface area contributed by atoms with Crippen LogP contribution in [0, 0.1) is 11.5 Å². The molecule has 17 heavy (non-hydrogen) atoms. The van der Waals surface area contributed by atoms with Crippen molar-refractivity contribution in [1.82, 2.24) is 5.32 Å². The van der Waals surface area contributed by atoms with Crippen molar-refractivity contribution in [3.05, 3.63) is 0 Å². The summed E-state index contributed by atoms with van der Waals surface area (Å²) >= 11 is 0. The second-order valence-corrected chi connectivity index (χ2v) is 10.5. The van der Waals surface area contributed by atoms with Gasteiger partial charge in [-0.3, -0.25) is 4.79 Å². The number of ether oxygens (including phenoxy) is 1. The predicted octanol–water partition coefficient (Wildman–Crippen LogP) is 1.96. The van der Waals surface area contributed by atoms with Crippen molar-refractivity contribution < 1.29 is 14.3 Å². The van der Waals surface area contributed by atoms with Gasteiger partial charge in [0, 0.05) is 0 Å². The Kier molecular flexibility index (Phi) is 5.43. The van der Waals surface area contributed by atoms with E-state index in [1.807, 2.05) is 0 Å². The van der Waals surface area contributed by atoms with Crippen molar-refractivity contribution in [2.45, 2.75) is 46.0 Å². The van der Waals surface area contributed by atoms with E-state index in [-0.39, 0.29) is 12.3 Å². The number of hydrogen-bond donors (Lipinski definition) is 1. The van der Waals surface area contributed by atoms with Crippen molar-refractivity contribution in [3.8, 4) is 11.5 Å². The number of alkyl carbamates (subject to hydrolysis) is 1. The number of Topliss-reactive ketones (excluding diaryl/α,β-unsaturated/α-hetero) is 1. The van der Waals surface area contributed by atoms with Crippen molar-refractivity contribution in [3.63, 3.8) is 0 Å². The zero-order valence-corrected chi connectivity index (χ0v) is 12.4. The van der Waals surface area contributed by atoms with E-state index < -0.39 is 19.8 Å². The highest BCUT2D eigenvalue weighted by molar-refractivity contribution is 6.84. The molecule has 0 saturated carbocycles. The van der Waals surface area contributed by atoms with Crippen LogP contribution in [0.2, 0.25) is 19.6 Å². The lowest BCUT2D eigenvalue weighted by Gasteiger charge is -2.19. The molecule has 0 aromatic rings. The first-order valence-corrected chi connectivity index (χ1v) is 9.02. The van der Waals surface area contributed by atoms with Crippen molar-refractivity contribution in [2.24, 2.45) is 0 Å². The standard InChI is InChI=1S/C12H21NO3Si/c1-12(2,3)16-11(15)13-9-10(14)7-8-17(4,5)6/h9H2,1-6H3,(H,13,15). The van der Waals surface area contributed by atoms with Gasteiger partial charge < -0.3 is 10.1 Å². The fraction of sp³-hybridized carbons (Fsp3) is 0.667. The zero-order valence-electron chi connectivity index (χ0n) is 11.4. The third-order valence-corrected chi connectivity index (χ3v) is 2.24. The van der Waals surface area contributed by atoms with Gasteiger partial charge in [0.15, 0.2) is 0 Å². The third-order valence-electron chi connectivity index (χ3n) is 1.37. The highest BCUT2D eigenvalue weighted by atomic mass is 28.3. The Bertz CT molecular complexity index is 353. The minimum absolute atomic E-state index is 0.105. The zero-order chi connectivity index (χ0) is 13.7. The van der Waals surface area contributed by atoms with E-state index >= 15 is 0 Å². The van der Waals surface area contributed by atoms with Crippen LogP contribution in [-0.2, 0) is 9.53 Å². The monoisotopic (exact) mass is 255 g/mol. The average Bonchev–Trinajstić information content (AvgIpc) is 2.07. The summed E-state index contributed by atoms with van der Waals surface area (Å²) < 4.78 is 4.99. The van der Waals surface area contributed by atoms with Crippen LogP contribution in [0.5, 0.6) is 0 Å². The van der Waals surface area contributed by atoms with E-state index in [1.54, 1.807) is 20.8 Å². The molecule has 0 heterocycles. The second kappa shape index (κ2) is 5.87. The lowest BCUT2D eigenvalue weighted by molar-refractivity contribution is -0.113. The van der Waals surface area contributed by atoms with Crippen molar-refractivity contribution >= 4 is 20.0 Å². The van der Waals surface area contributed by atoms with Crippen LogP contribution in [-0.4, -0.2) is 32.1 Å². The van der Waals surface area contributed by atoms with Gasteiger partial charge in [0.2, 0.25) is 5.78 Å². The fourth-order valence-corrected chi connectivity index (χ4v) is 1.28. The summed E-state index contributed by atoms with van der Waals surface area (Å²) in [6.45, 7) is 11.3. The number of hydrogen-bond acceptors (Lipinski definition) is 3. The molecule has 5 heteroatoms. The molecule has 1 amide bonds. The Morgan fingerprint density at radius 3 is 2.18 bits per heavy atom. The number of amides is 1. The topological polar surface area (TPSA) is 55.4 Å². The maximum Gasteiger partial charge on any atom is 0.408 e. The molecule has 0 atom stereocenters. The number of ketones is 1. The maximum atomic E-state index is 11.3. The van der Waals surface area contributed by atoms with Gasteiger partial charge in [-0.05, 0) is 26.7 Å². The summed E-state index contributed by atoms with van der Waals surface area (Å²) in [6.07, 6.45) is -0.597. The van der Waals surface area contributed by atoms with Crippen molar-refractivity contribution in [1.29, 1.82) is 0 Å². The lowest BCUT2D eigenvalue weighted by Crippen LogP contribution is -2.35. The average molecular weight is 255 g/mol. The summed E-state index contributed by atoms with van der Waals surface area (Å²) in [5.74, 6) is 2.25. The largest absolute Gasteiger partial charge is 0.444 e. The fourth-order valence-electron chi connectivity index (χ4n) is 0.768. The first-order chi connectivity index (χ1) is 7.49. The van der Waals surface area contributed by atoms with Gasteiger partial charge in [0.25, 0.3) is 0 Å².